The minimum Gasteiger partial charge on any atom is -0.497 e. The fourth-order valence-corrected chi connectivity index (χ4v) is 2.48. The van der Waals surface area contributed by atoms with E-state index in [0.29, 0.717) is 10.4 Å². The van der Waals surface area contributed by atoms with Gasteiger partial charge in [-0.15, -0.1) is 11.3 Å². The van der Waals surface area contributed by atoms with Crippen LogP contribution in [-0.2, 0) is 0 Å². The van der Waals surface area contributed by atoms with Crippen LogP contribution in [0.5, 0.6) is 5.75 Å². The van der Waals surface area contributed by atoms with Crippen molar-refractivity contribution in [2.45, 2.75) is 0 Å². The zero-order chi connectivity index (χ0) is 11.0. The summed E-state index contributed by atoms with van der Waals surface area (Å²) < 4.78 is 19.9. The number of benzene rings is 1. The molecule has 0 saturated carbocycles. The summed E-state index contributed by atoms with van der Waals surface area (Å²) in [6, 6.07) is 5.39. The maximum atomic E-state index is 13.8. The number of rotatable bonds is 2. The van der Waals surface area contributed by atoms with Crippen LogP contribution in [0.15, 0.2) is 18.2 Å². The third kappa shape index (κ3) is 1.65. The lowest BCUT2D eigenvalue weighted by Crippen LogP contribution is -2.07. The van der Waals surface area contributed by atoms with Crippen molar-refractivity contribution in [2.24, 2.45) is 0 Å². The molecule has 0 fully saturated rings. The molecule has 0 amide bonds. The Morgan fingerprint density at radius 1 is 1.33 bits per heavy atom. The van der Waals surface area contributed by atoms with Crippen LogP contribution in [0.4, 0.5) is 9.39 Å². The Labute approximate surface area is 91.9 Å². The molecule has 0 radical (unpaired) electrons. The number of fused-ring (bicyclic) bond motifs is 1. The SMILES string of the molecule is COc1ccc2c(F)c(N(C)C)sc2c1. The third-order valence-corrected chi connectivity index (χ3v) is 3.52. The average molecular weight is 225 g/mol. The van der Waals surface area contributed by atoms with Crippen LogP contribution in [0.1, 0.15) is 0 Å². The summed E-state index contributed by atoms with van der Waals surface area (Å²) in [5.74, 6) is 0.608. The van der Waals surface area contributed by atoms with Crippen molar-refractivity contribution in [3.05, 3.63) is 24.0 Å². The summed E-state index contributed by atoms with van der Waals surface area (Å²) >= 11 is 1.43. The van der Waals surface area contributed by atoms with E-state index in [1.54, 1.807) is 24.1 Å². The predicted molar refractivity (Wildman–Crippen MR) is 62.7 cm³/mol. The first-order valence-corrected chi connectivity index (χ1v) is 5.38. The van der Waals surface area contributed by atoms with Gasteiger partial charge in [-0.25, -0.2) is 4.39 Å². The molecule has 0 spiro atoms. The first-order chi connectivity index (χ1) is 7.13. The molecule has 0 N–H and O–H groups in total. The van der Waals surface area contributed by atoms with E-state index >= 15 is 0 Å². The molecule has 0 atom stereocenters. The smallest absolute Gasteiger partial charge is 0.165 e. The van der Waals surface area contributed by atoms with E-state index in [4.69, 9.17) is 4.74 Å². The molecule has 80 valence electrons. The van der Waals surface area contributed by atoms with Gasteiger partial charge in [-0.2, -0.15) is 0 Å². The summed E-state index contributed by atoms with van der Waals surface area (Å²) in [7, 11) is 5.29. The van der Waals surface area contributed by atoms with Gasteiger partial charge in [0.2, 0.25) is 0 Å². The van der Waals surface area contributed by atoms with Gasteiger partial charge in [0.15, 0.2) is 5.82 Å². The van der Waals surface area contributed by atoms with Crippen molar-refractivity contribution in [2.75, 3.05) is 26.1 Å². The Morgan fingerprint density at radius 2 is 2.07 bits per heavy atom. The predicted octanol–water partition coefficient (Wildman–Crippen LogP) is 3.12. The number of thiophene rings is 1. The Bertz CT molecular complexity index is 493. The molecule has 15 heavy (non-hydrogen) atoms. The van der Waals surface area contributed by atoms with Crippen LogP contribution < -0.4 is 9.64 Å². The molecule has 1 aromatic heterocycles. The van der Waals surface area contributed by atoms with Gasteiger partial charge in [0, 0.05) is 24.2 Å². The van der Waals surface area contributed by atoms with Gasteiger partial charge >= 0.3 is 0 Å². The molecule has 0 aliphatic heterocycles. The van der Waals surface area contributed by atoms with Crippen molar-refractivity contribution < 1.29 is 9.13 Å². The van der Waals surface area contributed by atoms with E-state index in [2.05, 4.69) is 0 Å². The van der Waals surface area contributed by atoms with Crippen molar-refractivity contribution in [1.29, 1.82) is 0 Å². The minimum absolute atomic E-state index is 0.150. The van der Waals surface area contributed by atoms with Crippen LogP contribution in [-0.4, -0.2) is 21.2 Å². The summed E-state index contributed by atoms with van der Waals surface area (Å²) in [5, 5.41) is 1.31. The highest BCUT2D eigenvalue weighted by atomic mass is 32.1. The van der Waals surface area contributed by atoms with E-state index < -0.39 is 0 Å². The average Bonchev–Trinajstić information content (AvgIpc) is 2.55. The first kappa shape index (κ1) is 10.2. The minimum atomic E-state index is -0.150. The number of nitrogens with zero attached hydrogens (tertiary/aromatic N) is 1. The normalized spacial score (nSPS) is 10.7. The Balaban J connectivity index is 2.65. The van der Waals surface area contributed by atoms with Gasteiger partial charge in [-0.05, 0) is 18.2 Å². The third-order valence-electron chi connectivity index (χ3n) is 2.23. The zero-order valence-electron chi connectivity index (χ0n) is 8.87. The van der Waals surface area contributed by atoms with E-state index in [-0.39, 0.29) is 5.82 Å². The van der Waals surface area contributed by atoms with Crippen LogP contribution in [0, 0.1) is 5.82 Å². The summed E-state index contributed by atoms with van der Waals surface area (Å²) in [6.07, 6.45) is 0. The van der Waals surface area contributed by atoms with Gasteiger partial charge in [-0.3, -0.25) is 0 Å². The zero-order valence-corrected chi connectivity index (χ0v) is 9.69. The second kappa shape index (κ2) is 3.70. The molecule has 0 bridgehead atoms. The van der Waals surface area contributed by atoms with Crippen LogP contribution in [0.3, 0.4) is 0 Å². The molecule has 0 saturated heterocycles. The maximum Gasteiger partial charge on any atom is 0.165 e. The molecule has 2 nitrogen and oxygen atoms in total. The molecule has 2 aromatic rings. The van der Waals surface area contributed by atoms with Gasteiger partial charge < -0.3 is 9.64 Å². The number of hydrogen-bond donors (Lipinski definition) is 0. The van der Waals surface area contributed by atoms with Gasteiger partial charge in [-0.1, -0.05) is 0 Å². The molecule has 2 rings (SSSR count). The van der Waals surface area contributed by atoms with E-state index in [0.717, 1.165) is 10.4 Å². The second-order valence-corrected chi connectivity index (χ2v) is 4.51. The summed E-state index contributed by atoms with van der Waals surface area (Å²) in [4.78, 5) is 1.78. The fourth-order valence-electron chi connectivity index (χ4n) is 1.45. The highest BCUT2D eigenvalue weighted by Gasteiger charge is 2.13. The number of ether oxygens (including phenoxy) is 1. The standard InChI is InChI=1S/C11H12FNOS/c1-13(2)11-10(12)8-5-4-7(14-3)6-9(8)15-11/h4-6H,1-3H3. The number of methoxy groups -OCH3 is 1. The Hall–Kier alpha value is -1.29. The molecular formula is C11H12FNOS. The fraction of sp³-hybridized carbons (Fsp3) is 0.273. The van der Waals surface area contributed by atoms with Crippen LogP contribution in [0.25, 0.3) is 10.1 Å². The first-order valence-electron chi connectivity index (χ1n) is 4.57. The molecule has 0 aliphatic rings. The number of anilines is 1. The second-order valence-electron chi connectivity index (χ2n) is 3.48. The van der Waals surface area contributed by atoms with Crippen LogP contribution in [0.2, 0.25) is 0 Å². The molecule has 4 heteroatoms. The Morgan fingerprint density at radius 3 is 2.67 bits per heavy atom. The molecule has 0 unspecified atom stereocenters. The summed E-state index contributed by atoms with van der Waals surface area (Å²) in [6.45, 7) is 0. The lowest BCUT2D eigenvalue weighted by atomic mass is 10.2. The van der Waals surface area contributed by atoms with E-state index in [1.165, 1.54) is 11.3 Å². The van der Waals surface area contributed by atoms with Crippen molar-refractivity contribution in [3.63, 3.8) is 0 Å². The quantitative estimate of drug-likeness (QED) is 0.778. The largest absolute Gasteiger partial charge is 0.497 e. The number of hydrogen-bond acceptors (Lipinski definition) is 3. The molecule has 1 aromatic carbocycles. The Kier molecular flexibility index (Phi) is 2.52. The van der Waals surface area contributed by atoms with E-state index in [1.807, 2.05) is 20.2 Å². The van der Waals surface area contributed by atoms with E-state index in [9.17, 15) is 4.39 Å². The maximum absolute atomic E-state index is 13.8. The molecular weight excluding hydrogens is 213 g/mol. The van der Waals surface area contributed by atoms with Crippen molar-refractivity contribution in [3.8, 4) is 5.75 Å². The van der Waals surface area contributed by atoms with Gasteiger partial charge in [0.25, 0.3) is 0 Å². The van der Waals surface area contributed by atoms with Gasteiger partial charge in [0.1, 0.15) is 10.8 Å². The summed E-state index contributed by atoms with van der Waals surface area (Å²) in [5.41, 5.74) is 0. The highest BCUT2D eigenvalue weighted by molar-refractivity contribution is 7.22. The van der Waals surface area contributed by atoms with Crippen molar-refractivity contribution >= 4 is 26.4 Å². The monoisotopic (exact) mass is 225 g/mol. The lowest BCUT2D eigenvalue weighted by molar-refractivity contribution is 0.415. The van der Waals surface area contributed by atoms with Crippen LogP contribution >= 0.6 is 11.3 Å². The van der Waals surface area contributed by atoms with Gasteiger partial charge in [0.05, 0.1) is 7.11 Å². The number of halogens is 1. The van der Waals surface area contributed by atoms with Crippen molar-refractivity contribution in [1.82, 2.24) is 0 Å². The molecule has 1 heterocycles. The lowest BCUT2D eigenvalue weighted by Gasteiger charge is -2.07. The molecule has 0 aliphatic carbocycles. The topological polar surface area (TPSA) is 12.5 Å². The highest BCUT2D eigenvalue weighted by Crippen LogP contribution is 2.37.